The van der Waals surface area contributed by atoms with Crippen LogP contribution in [0, 0.1) is 5.92 Å². The van der Waals surface area contributed by atoms with E-state index in [1.165, 1.54) is 0 Å². The van der Waals surface area contributed by atoms with E-state index >= 15 is 0 Å². The molecule has 72 valence electrons. The molecule has 0 bridgehead atoms. The minimum Gasteiger partial charge on any atom is -0.479 e. The van der Waals surface area contributed by atoms with Gasteiger partial charge in [0.15, 0.2) is 6.10 Å². The highest BCUT2D eigenvalue weighted by molar-refractivity contribution is 7.99. The fourth-order valence-corrected chi connectivity index (χ4v) is 1.88. The van der Waals surface area contributed by atoms with Gasteiger partial charge in [0.1, 0.15) is 0 Å². The normalized spacial score (nSPS) is 16.1. The Morgan fingerprint density at radius 1 is 1.50 bits per heavy atom. The van der Waals surface area contributed by atoms with E-state index in [1.807, 2.05) is 20.1 Å². The van der Waals surface area contributed by atoms with Crippen molar-refractivity contribution < 1.29 is 15.0 Å². The fourth-order valence-electron chi connectivity index (χ4n) is 0.961. The predicted molar refractivity (Wildman–Crippen MR) is 50.4 cm³/mol. The van der Waals surface area contributed by atoms with Crippen molar-refractivity contribution in [3.05, 3.63) is 0 Å². The van der Waals surface area contributed by atoms with Crippen molar-refractivity contribution in [2.45, 2.75) is 31.6 Å². The van der Waals surface area contributed by atoms with Crippen molar-refractivity contribution in [2.24, 2.45) is 5.92 Å². The summed E-state index contributed by atoms with van der Waals surface area (Å²) in [5, 5.41) is 17.7. The van der Waals surface area contributed by atoms with Crippen LogP contribution in [0.4, 0.5) is 0 Å². The van der Waals surface area contributed by atoms with Gasteiger partial charge in [-0.25, -0.2) is 4.79 Å². The quantitative estimate of drug-likeness (QED) is 0.687. The standard InChI is InChI=1S/C8H16O3S/c1-5(2)7(12-3)4-6(9)8(10)11/h5-7,9H,4H2,1-3H3,(H,10,11). The summed E-state index contributed by atoms with van der Waals surface area (Å²) in [4.78, 5) is 10.3. The lowest BCUT2D eigenvalue weighted by Crippen LogP contribution is -2.26. The summed E-state index contributed by atoms with van der Waals surface area (Å²) in [6, 6.07) is 0. The molecule has 4 heteroatoms. The molecule has 0 aliphatic rings. The Labute approximate surface area is 77.2 Å². The first-order valence-electron chi connectivity index (χ1n) is 3.92. The van der Waals surface area contributed by atoms with E-state index in [0.717, 1.165) is 0 Å². The van der Waals surface area contributed by atoms with E-state index in [9.17, 15) is 4.79 Å². The van der Waals surface area contributed by atoms with Crippen LogP contribution in [-0.2, 0) is 4.79 Å². The molecule has 0 aliphatic carbocycles. The summed E-state index contributed by atoms with van der Waals surface area (Å²) >= 11 is 1.60. The molecule has 2 N–H and O–H groups in total. The highest BCUT2D eigenvalue weighted by Crippen LogP contribution is 2.21. The highest BCUT2D eigenvalue weighted by atomic mass is 32.2. The molecule has 0 fully saturated rings. The van der Waals surface area contributed by atoms with Gasteiger partial charge in [-0.05, 0) is 18.6 Å². The Hall–Kier alpha value is -0.220. The number of aliphatic carboxylic acids is 1. The zero-order chi connectivity index (χ0) is 9.72. The third-order valence-electron chi connectivity index (χ3n) is 1.79. The van der Waals surface area contributed by atoms with Crippen molar-refractivity contribution in [2.75, 3.05) is 6.26 Å². The first kappa shape index (κ1) is 11.8. The number of carbonyl (C=O) groups is 1. The molecule has 0 heterocycles. The summed E-state index contributed by atoms with van der Waals surface area (Å²) in [6.07, 6.45) is 1.04. The van der Waals surface area contributed by atoms with Gasteiger partial charge in [0, 0.05) is 5.25 Å². The molecule has 0 amide bonds. The highest BCUT2D eigenvalue weighted by Gasteiger charge is 2.21. The van der Waals surface area contributed by atoms with Crippen molar-refractivity contribution in [1.29, 1.82) is 0 Å². The van der Waals surface area contributed by atoms with Crippen LogP contribution >= 0.6 is 11.8 Å². The van der Waals surface area contributed by atoms with Crippen LogP contribution in [-0.4, -0.2) is 33.8 Å². The van der Waals surface area contributed by atoms with Gasteiger partial charge in [-0.3, -0.25) is 0 Å². The molecule has 3 nitrogen and oxygen atoms in total. The van der Waals surface area contributed by atoms with Gasteiger partial charge in [0.2, 0.25) is 0 Å². The fraction of sp³-hybridized carbons (Fsp3) is 0.875. The van der Waals surface area contributed by atoms with Crippen molar-refractivity contribution >= 4 is 17.7 Å². The molecule has 0 aromatic heterocycles. The van der Waals surface area contributed by atoms with Crippen LogP contribution in [0.2, 0.25) is 0 Å². The van der Waals surface area contributed by atoms with Gasteiger partial charge in [-0.15, -0.1) is 0 Å². The van der Waals surface area contributed by atoms with E-state index in [0.29, 0.717) is 12.3 Å². The second kappa shape index (κ2) is 5.43. The van der Waals surface area contributed by atoms with Gasteiger partial charge in [0.05, 0.1) is 0 Å². The smallest absolute Gasteiger partial charge is 0.332 e. The molecule has 2 unspecified atom stereocenters. The van der Waals surface area contributed by atoms with Crippen LogP contribution in [0.15, 0.2) is 0 Å². The van der Waals surface area contributed by atoms with Gasteiger partial charge in [0.25, 0.3) is 0 Å². The van der Waals surface area contributed by atoms with Crippen LogP contribution in [0.25, 0.3) is 0 Å². The van der Waals surface area contributed by atoms with Crippen LogP contribution in [0.1, 0.15) is 20.3 Å². The lowest BCUT2D eigenvalue weighted by molar-refractivity contribution is -0.146. The maximum Gasteiger partial charge on any atom is 0.332 e. The maximum absolute atomic E-state index is 10.3. The number of carboxylic acid groups (broad SMARTS) is 1. The summed E-state index contributed by atoms with van der Waals surface area (Å²) in [7, 11) is 0. The maximum atomic E-state index is 10.3. The monoisotopic (exact) mass is 192 g/mol. The third-order valence-corrected chi connectivity index (χ3v) is 3.13. The minimum absolute atomic E-state index is 0.219. The van der Waals surface area contributed by atoms with E-state index in [2.05, 4.69) is 0 Å². The molecule has 0 rings (SSSR count). The largest absolute Gasteiger partial charge is 0.479 e. The molecule has 0 aliphatic heterocycles. The summed E-state index contributed by atoms with van der Waals surface area (Å²) in [6.45, 7) is 4.05. The SMILES string of the molecule is CSC(CC(O)C(=O)O)C(C)C. The molecule has 0 aromatic rings. The van der Waals surface area contributed by atoms with E-state index in [1.54, 1.807) is 11.8 Å². The number of aliphatic hydroxyl groups excluding tert-OH is 1. The second-order valence-corrected chi connectivity index (χ2v) is 4.18. The van der Waals surface area contributed by atoms with Gasteiger partial charge < -0.3 is 10.2 Å². The number of aliphatic hydroxyl groups is 1. The first-order valence-corrected chi connectivity index (χ1v) is 5.21. The molecule has 0 spiro atoms. The molecule has 0 aromatic carbocycles. The van der Waals surface area contributed by atoms with Crippen LogP contribution in [0.3, 0.4) is 0 Å². The van der Waals surface area contributed by atoms with Crippen LogP contribution < -0.4 is 0 Å². The molecule has 0 radical (unpaired) electrons. The molecule has 0 saturated heterocycles. The molecule has 2 atom stereocenters. The number of hydrogen-bond donors (Lipinski definition) is 2. The average Bonchev–Trinajstić information content (AvgIpc) is 1.98. The van der Waals surface area contributed by atoms with Gasteiger partial charge >= 0.3 is 5.97 Å². The molecule has 12 heavy (non-hydrogen) atoms. The average molecular weight is 192 g/mol. The number of hydrogen-bond acceptors (Lipinski definition) is 3. The molecule has 0 saturated carbocycles. The van der Waals surface area contributed by atoms with E-state index < -0.39 is 12.1 Å². The summed E-state index contributed by atoms with van der Waals surface area (Å²) in [5.41, 5.74) is 0. The number of rotatable bonds is 5. The van der Waals surface area contributed by atoms with E-state index in [4.69, 9.17) is 10.2 Å². The number of carboxylic acids is 1. The zero-order valence-corrected chi connectivity index (χ0v) is 8.47. The Morgan fingerprint density at radius 3 is 2.25 bits per heavy atom. The second-order valence-electron chi connectivity index (χ2n) is 3.11. The molecular formula is C8H16O3S. The lowest BCUT2D eigenvalue weighted by Gasteiger charge is -2.19. The Bertz CT molecular complexity index is 147. The van der Waals surface area contributed by atoms with Crippen molar-refractivity contribution in [1.82, 2.24) is 0 Å². The lowest BCUT2D eigenvalue weighted by atomic mass is 10.0. The Morgan fingerprint density at radius 2 is 2.00 bits per heavy atom. The predicted octanol–water partition coefficient (Wildman–Crippen LogP) is 1.21. The van der Waals surface area contributed by atoms with Crippen LogP contribution in [0.5, 0.6) is 0 Å². The third kappa shape index (κ3) is 3.97. The Balaban J connectivity index is 3.93. The topological polar surface area (TPSA) is 57.5 Å². The number of thioether (sulfide) groups is 1. The van der Waals surface area contributed by atoms with Crippen molar-refractivity contribution in [3.8, 4) is 0 Å². The molecular weight excluding hydrogens is 176 g/mol. The van der Waals surface area contributed by atoms with Crippen molar-refractivity contribution in [3.63, 3.8) is 0 Å². The summed E-state index contributed by atoms with van der Waals surface area (Å²) in [5.74, 6) is -0.733. The minimum atomic E-state index is -1.22. The van der Waals surface area contributed by atoms with Gasteiger partial charge in [-0.1, -0.05) is 13.8 Å². The summed E-state index contributed by atoms with van der Waals surface area (Å²) < 4.78 is 0. The Kier molecular flexibility index (Phi) is 5.33. The van der Waals surface area contributed by atoms with E-state index in [-0.39, 0.29) is 5.25 Å². The zero-order valence-electron chi connectivity index (χ0n) is 7.65. The van der Waals surface area contributed by atoms with Gasteiger partial charge in [-0.2, -0.15) is 11.8 Å². The first-order chi connectivity index (χ1) is 5.49.